The third-order valence-corrected chi connectivity index (χ3v) is 2.77. The smallest absolute Gasteiger partial charge is 0.261 e. The van der Waals surface area contributed by atoms with Crippen LogP contribution in [0.25, 0.3) is 11.5 Å². The average molecular weight is 264 g/mol. The van der Waals surface area contributed by atoms with Gasteiger partial charge in [-0.1, -0.05) is 12.1 Å². The quantitative estimate of drug-likeness (QED) is 0.892. The number of aromatic nitrogens is 2. The van der Waals surface area contributed by atoms with Crippen LogP contribution in [-0.4, -0.2) is 29.5 Å². The number of benzene rings is 1. The van der Waals surface area contributed by atoms with Crippen molar-refractivity contribution in [2.75, 3.05) is 14.2 Å². The Bertz CT molecular complexity index is 553. The summed E-state index contributed by atoms with van der Waals surface area (Å²) in [5, 5.41) is 13.4. The molecule has 0 radical (unpaired) electrons. The molecule has 1 aromatic carbocycles. The highest BCUT2D eigenvalue weighted by molar-refractivity contribution is 5.64. The first-order valence-corrected chi connectivity index (χ1v) is 5.93. The van der Waals surface area contributed by atoms with Gasteiger partial charge in [0.25, 0.3) is 5.89 Å². The zero-order chi connectivity index (χ0) is 13.8. The van der Waals surface area contributed by atoms with E-state index in [2.05, 4.69) is 10.1 Å². The molecule has 1 aromatic heterocycles. The molecule has 2 rings (SSSR count). The zero-order valence-electron chi connectivity index (χ0n) is 11.1. The lowest BCUT2D eigenvalue weighted by molar-refractivity contribution is 0.159. The van der Waals surface area contributed by atoms with Gasteiger partial charge in [-0.3, -0.25) is 0 Å². The molecule has 6 heteroatoms. The van der Waals surface area contributed by atoms with Gasteiger partial charge in [0.2, 0.25) is 5.82 Å². The molecular formula is C13H16N2O4. The lowest BCUT2D eigenvalue weighted by atomic mass is 10.2. The fraction of sp³-hybridized carbons (Fsp3) is 0.385. The zero-order valence-corrected chi connectivity index (χ0v) is 11.1. The summed E-state index contributed by atoms with van der Waals surface area (Å²) < 4.78 is 15.5. The van der Waals surface area contributed by atoms with Crippen molar-refractivity contribution in [3.8, 4) is 23.0 Å². The van der Waals surface area contributed by atoms with E-state index in [1.165, 1.54) is 0 Å². The molecule has 0 fully saturated rings. The van der Waals surface area contributed by atoms with Crippen molar-refractivity contribution in [2.24, 2.45) is 0 Å². The van der Waals surface area contributed by atoms with Gasteiger partial charge in [0.15, 0.2) is 0 Å². The fourth-order valence-corrected chi connectivity index (χ4v) is 1.64. The van der Waals surface area contributed by atoms with Crippen molar-refractivity contribution in [1.29, 1.82) is 0 Å². The van der Waals surface area contributed by atoms with Gasteiger partial charge < -0.3 is 19.1 Å². The number of hydrogen-bond donors (Lipinski definition) is 1. The van der Waals surface area contributed by atoms with Gasteiger partial charge in [0.05, 0.1) is 19.8 Å². The summed E-state index contributed by atoms with van der Waals surface area (Å²) in [4.78, 5) is 4.17. The number of methoxy groups -OCH3 is 2. The van der Waals surface area contributed by atoms with Crippen LogP contribution in [0.3, 0.4) is 0 Å². The first-order chi connectivity index (χ1) is 9.19. The third kappa shape index (κ3) is 2.68. The molecule has 0 aliphatic rings. The van der Waals surface area contributed by atoms with Crippen molar-refractivity contribution >= 4 is 0 Å². The minimum atomic E-state index is -0.721. The predicted molar refractivity (Wildman–Crippen MR) is 68.1 cm³/mol. The van der Waals surface area contributed by atoms with E-state index in [9.17, 15) is 5.11 Å². The maximum absolute atomic E-state index is 9.66. The van der Waals surface area contributed by atoms with Crippen molar-refractivity contribution in [3.05, 3.63) is 24.0 Å². The number of nitrogens with zero attached hydrogens (tertiary/aromatic N) is 2. The number of aliphatic hydroxyl groups excluding tert-OH is 1. The predicted octanol–water partition coefficient (Wildman–Crippen LogP) is 2.20. The number of ether oxygens (including phenoxy) is 2. The molecule has 0 amide bonds. The molecule has 6 nitrogen and oxygen atoms in total. The monoisotopic (exact) mass is 264 g/mol. The van der Waals surface area contributed by atoms with Gasteiger partial charge in [-0.15, -0.1) is 0 Å². The first-order valence-electron chi connectivity index (χ1n) is 5.93. The number of hydrogen-bond acceptors (Lipinski definition) is 6. The largest absolute Gasteiger partial charge is 0.497 e. The van der Waals surface area contributed by atoms with Crippen LogP contribution >= 0.6 is 0 Å². The number of rotatable bonds is 5. The summed E-state index contributed by atoms with van der Waals surface area (Å²) in [5.74, 6) is 1.83. The first kappa shape index (κ1) is 13.4. The van der Waals surface area contributed by atoms with E-state index in [4.69, 9.17) is 14.0 Å². The second-order valence-electron chi connectivity index (χ2n) is 3.95. The van der Waals surface area contributed by atoms with Gasteiger partial charge in [-0.05, 0) is 18.6 Å². The summed E-state index contributed by atoms with van der Waals surface area (Å²) in [6.45, 7) is 1.84. The van der Waals surface area contributed by atoms with Crippen molar-refractivity contribution in [1.82, 2.24) is 10.1 Å². The van der Waals surface area contributed by atoms with Crippen molar-refractivity contribution < 1.29 is 19.1 Å². The van der Waals surface area contributed by atoms with E-state index in [0.29, 0.717) is 29.4 Å². The Morgan fingerprint density at radius 2 is 2.11 bits per heavy atom. The molecule has 1 heterocycles. The van der Waals surface area contributed by atoms with E-state index in [1.807, 2.05) is 6.92 Å². The standard InChI is InChI=1S/C13H16N2O4/c1-4-10(16)12-14-13(19-15-12)9-6-5-8(17-2)7-11(9)18-3/h5-7,10,16H,4H2,1-3H3. The minimum absolute atomic E-state index is 0.273. The van der Waals surface area contributed by atoms with E-state index in [1.54, 1.807) is 32.4 Å². The van der Waals surface area contributed by atoms with Gasteiger partial charge in [0, 0.05) is 6.07 Å². The van der Waals surface area contributed by atoms with Crippen LogP contribution in [0.1, 0.15) is 25.3 Å². The summed E-state index contributed by atoms with van der Waals surface area (Å²) >= 11 is 0. The van der Waals surface area contributed by atoms with Crippen LogP contribution in [0.5, 0.6) is 11.5 Å². The van der Waals surface area contributed by atoms with Crippen LogP contribution < -0.4 is 9.47 Å². The fourth-order valence-electron chi connectivity index (χ4n) is 1.64. The molecule has 102 valence electrons. The molecule has 0 bridgehead atoms. The Hall–Kier alpha value is -2.08. The molecule has 1 N–H and O–H groups in total. The van der Waals surface area contributed by atoms with Crippen LogP contribution in [-0.2, 0) is 0 Å². The molecule has 19 heavy (non-hydrogen) atoms. The minimum Gasteiger partial charge on any atom is -0.497 e. The Balaban J connectivity index is 2.38. The molecule has 1 atom stereocenters. The molecule has 0 aliphatic carbocycles. The van der Waals surface area contributed by atoms with Gasteiger partial charge >= 0.3 is 0 Å². The van der Waals surface area contributed by atoms with E-state index in [0.717, 1.165) is 0 Å². The summed E-state index contributed by atoms with van der Waals surface area (Å²) in [6, 6.07) is 5.28. The van der Waals surface area contributed by atoms with Crippen LogP contribution in [0.4, 0.5) is 0 Å². The second-order valence-corrected chi connectivity index (χ2v) is 3.95. The SMILES string of the molecule is CCC(O)c1noc(-c2ccc(OC)cc2OC)n1. The molecular weight excluding hydrogens is 248 g/mol. The second kappa shape index (κ2) is 5.71. The normalized spacial score (nSPS) is 12.2. The van der Waals surface area contributed by atoms with Crippen LogP contribution in [0.15, 0.2) is 22.7 Å². The Morgan fingerprint density at radius 3 is 2.74 bits per heavy atom. The lowest BCUT2D eigenvalue weighted by Gasteiger charge is -2.07. The Morgan fingerprint density at radius 1 is 1.32 bits per heavy atom. The van der Waals surface area contributed by atoms with Gasteiger partial charge in [-0.2, -0.15) is 4.98 Å². The molecule has 0 saturated carbocycles. The highest BCUT2D eigenvalue weighted by Crippen LogP contribution is 2.32. The molecule has 0 saturated heterocycles. The van der Waals surface area contributed by atoms with Crippen LogP contribution in [0.2, 0.25) is 0 Å². The van der Waals surface area contributed by atoms with Crippen LogP contribution in [0, 0.1) is 0 Å². The van der Waals surface area contributed by atoms with Crippen molar-refractivity contribution in [2.45, 2.75) is 19.4 Å². The maximum atomic E-state index is 9.66. The maximum Gasteiger partial charge on any atom is 0.261 e. The molecule has 0 aliphatic heterocycles. The molecule has 2 aromatic rings. The Labute approximate surface area is 111 Å². The lowest BCUT2D eigenvalue weighted by Crippen LogP contribution is -1.97. The molecule has 0 spiro atoms. The highest BCUT2D eigenvalue weighted by Gasteiger charge is 2.17. The third-order valence-electron chi connectivity index (χ3n) is 2.77. The Kier molecular flexibility index (Phi) is 4.01. The topological polar surface area (TPSA) is 77.6 Å². The summed E-state index contributed by atoms with van der Waals surface area (Å²) in [7, 11) is 3.13. The van der Waals surface area contributed by atoms with E-state index in [-0.39, 0.29) is 5.82 Å². The summed E-state index contributed by atoms with van der Waals surface area (Å²) in [6.07, 6.45) is -0.194. The van der Waals surface area contributed by atoms with Crippen molar-refractivity contribution in [3.63, 3.8) is 0 Å². The summed E-state index contributed by atoms with van der Waals surface area (Å²) in [5.41, 5.74) is 0.658. The molecule has 1 unspecified atom stereocenters. The van der Waals surface area contributed by atoms with Gasteiger partial charge in [0.1, 0.15) is 17.6 Å². The van der Waals surface area contributed by atoms with Gasteiger partial charge in [-0.25, -0.2) is 0 Å². The van der Waals surface area contributed by atoms with E-state index < -0.39 is 6.10 Å². The average Bonchev–Trinajstić information content (AvgIpc) is 2.95. The van der Waals surface area contributed by atoms with E-state index >= 15 is 0 Å². The number of aliphatic hydroxyl groups is 1. The highest BCUT2D eigenvalue weighted by atomic mass is 16.5.